The van der Waals surface area contributed by atoms with Gasteiger partial charge in [0.1, 0.15) is 0 Å². The van der Waals surface area contributed by atoms with E-state index in [1.807, 2.05) is 20.8 Å². The molecular weight excluding hydrogens is 304 g/mol. The highest BCUT2D eigenvalue weighted by molar-refractivity contribution is 7.89. The van der Waals surface area contributed by atoms with Crippen molar-refractivity contribution in [2.24, 2.45) is 0 Å². The van der Waals surface area contributed by atoms with Crippen LogP contribution >= 0.6 is 0 Å². The molecule has 22 heavy (non-hydrogen) atoms. The predicted octanol–water partition coefficient (Wildman–Crippen LogP) is 1.24. The van der Waals surface area contributed by atoms with E-state index in [1.165, 1.54) is 16.4 Å². The van der Waals surface area contributed by atoms with Gasteiger partial charge in [0.15, 0.2) is 0 Å². The average molecular weight is 326 g/mol. The summed E-state index contributed by atoms with van der Waals surface area (Å²) in [7, 11) is -3.59. The zero-order chi connectivity index (χ0) is 16.4. The van der Waals surface area contributed by atoms with E-state index in [0.717, 1.165) is 0 Å². The molecule has 0 bridgehead atoms. The van der Waals surface area contributed by atoms with Crippen LogP contribution in [0, 0.1) is 0 Å². The van der Waals surface area contributed by atoms with Crippen LogP contribution in [0.4, 0.5) is 0 Å². The normalized spacial score (nSPS) is 17.2. The van der Waals surface area contributed by atoms with Gasteiger partial charge in [0.2, 0.25) is 10.0 Å². The fourth-order valence-electron chi connectivity index (χ4n) is 2.15. The van der Waals surface area contributed by atoms with Crippen LogP contribution in [0.15, 0.2) is 29.2 Å². The average Bonchev–Trinajstić information content (AvgIpc) is 2.46. The van der Waals surface area contributed by atoms with Crippen LogP contribution in [0.5, 0.6) is 0 Å². The molecule has 1 aliphatic rings. The lowest BCUT2D eigenvalue weighted by molar-refractivity contribution is 0.0730. The van der Waals surface area contributed by atoms with Gasteiger partial charge < -0.3 is 10.1 Å². The molecule has 2 rings (SSSR count). The Morgan fingerprint density at radius 1 is 1.23 bits per heavy atom. The summed E-state index contributed by atoms with van der Waals surface area (Å²) in [4.78, 5) is 12.3. The van der Waals surface area contributed by atoms with Crippen molar-refractivity contribution < 1.29 is 17.9 Å². The number of carbonyl (C=O) groups excluding carboxylic acids is 1. The first-order chi connectivity index (χ1) is 10.2. The van der Waals surface area contributed by atoms with Crippen molar-refractivity contribution in [3.63, 3.8) is 0 Å². The van der Waals surface area contributed by atoms with Gasteiger partial charge in [-0.1, -0.05) is 6.07 Å². The van der Waals surface area contributed by atoms with E-state index in [9.17, 15) is 13.2 Å². The van der Waals surface area contributed by atoms with E-state index in [1.54, 1.807) is 12.1 Å². The third-order valence-electron chi connectivity index (χ3n) is 3.19. The molecule has 1 heterocycles. The lowest BCUT2D eigenvalue weighted by Gasteiger charge is -2.26. The molecular formula is C15H22N2O4S. The zero-order valence-corrected chi connectivity index (χ0v) is 13.9. The Bertz CT molecular complexity index is 644. The van der Waals surface area contributed by atoms with E-state index in [2.05, 4.69) is 5.32 Å². The number of hydrogen-bond donors (Lipinski definition) is 1. The summed E-state index contributed by atoms with van der Waals surface area (Å²) in [6.07, 6.45) is 0. The van der Waals surface area contributed by atoms with E-state index in [0.29, 0.717) is 31.9 Å². The van der Waals surface area contributed by atoms with Crippen molar-refractivity contribution >= 4 is 15.9 Å². The van der Waals surface area contributed by atoms with Crippen molar-refractivity contribution in [2.75, 3.05) is 26.3 Å². The Kier molecular flexibility index (Phi) is 4.89. The highest BCUT2D eigenvalue weighted by atomic mass is 32.2. The van der Waals surface area contributed by atoms with Crippen molar-refractivity contribution in [3.05, 3.63) is 29.8 Å². The number of nitrogens with zero attached hydrogens (tertiary/aromatic N) is 1. The minimum Gasteiger partial charge on any atom is -0.379 e. The molecule has 0 aliphatic carbocycles. The number of sulfonamides is 1. The van der Waals surface area contributed by atoms with Crippen LogP contribution in [-0.4, -0.2) is 50.5 Å². The Labute approximate surface area is 131 Å². The summed E-state index contributed by atoms with van der Waals surface area (Å²) in [5.41, 5.74) is -0.0415. The Morgan fingerprint density at radius 2 is 1.86 bits per heavy atom. The lowest BCUT2D eigenvalue weighted by Crippen LogP contribution is -2.41. The third kappa shape index (κ3) is 4.06. The molecule has 0 saturated carbocycles. The minimum absolute atomic E-state index is 0.135. The molecule has 0 atom stereocenters. The number of hydrogen-bond acceptors (Lipinski definition) is 4. The second-order valence-electron chi connectivity index (χ2n) is 6.25. The number of ether oxygens (including phenoxy) is 1. The number of carbonyl (C=O) groups is 1. The Morgan fingerprint density at radius 3 is 2.45 bits per heavy atom. The van der Waals surface area contributed by atoms with Gasteiger partial charge in [-0.2, -0.15) is 4.31 Å². The van der Waals surface area contributed by atoms with E-state index in [-0.39, 0.29) is 16.3 Å². The first-order valence-electron chi connectivity index (χ1n) is 7.21. The summed E-state index contributed by atoms with van der Waals surface area (Å²) in [5.74, 6) is -0.286. The number of nitrogens with one attached hydrogen (secondary N) is 1. The van der Waals surface area contributed by atoms with Crippen molar-refractivity contribution in [3.8, 4) is 0 Å². The summed E-state index contributed by atoms with van der Waals surface area (Å²) in [5, 5.41) is 2.83. The summed E-state index contributed by atoms with van der Waals surface area (Å²) in [6.45, 7) is 7.08. The topological polar surface area (TPSA) is 75.7 Å². The quantitative estimate of drug-likeness (QED) is 0.906. The minimum atomic E-state index is -3.59. The molecule has 1 aromatic carbocycles. The number of amides is 1. The molecule has 6 nitrogen and oxygen atoms in total. The zero-order valence-electron chi connectivity index (χ0n) is 13.1. The standard InChI is InChI=1S/C15H22N2O4S/c1-15(2,3)16-14(18)12-5-4-6-13(11-12)22(19,20)17-7-9-21-10-8-17/h4-6,11H,7-10H2,1-3H3,(H,16,18). The highest BCUT2D eigenvalue weighted by Gasteiger charge is 2.27. The first-order valence-corrected chi connectivity index (χ1v) is 8.65. The number of morpholine rings is 1. The second kappa shape index (κ2) is 6.36. The van der Waals surface area contributed by atoms with Crippen LogP contribution in [-0.2, 0) is 14.8 Å². The van der Waals surface area contributed by atoms with Crippen molar-refractivity contribution in [2.45, 2.75) is 31.2 Å². The predicted molar refractivity (Wildman–Crippen MR) is 83.2 cm³/mol. The molecule has 1 aromatic rings. The van der Waals surface area contributed by atoms with Gasteiger partial charge in [-0.05, 0) is 39.0 Å². The molecule has 0 radical (unpaired) electrons. The molecule has 0 unspecified atom stereocenters. The molecule has 7 heteroatoms. The van der Waals surface area contributed by atoms with Crippen molar-refractivity contribution in [1.82, 2.24) is 9.62 Å². The van der Waals surface area contributed by atoms with Crippen LogP contribution in [0.2, 0.25) is 0 Å². The molecule has 1 amide bonds. The van der Waals surface area contributed by atoms with Crippen LogP contribution in [0.25, 0.3) is 0 Å². The molecule has 1 fully saturated rings. The van der Waals surface area contributed by atoms with Crippen LogP contribution in [0.1, 0.15) is 31.1 Å². The number of benzene rings is 1. The van der Waals surface area contributed by atoms with Gasteiger partial charge in [-0.25, -0.2) is 8.42 Å². The SMILES string of the molecule is CC(C)(C)NC(=O)c1cccc(S(=O)(=O)N2CCOCC2)c1. The largest absolute Gasteiger partial charge is 0.379 e. The maximum atomic E-state index is 12.6. The van der Waals surface area contributed by atoms with Gasteiger partial charge in [-0.15, -0.1) is 0 Å². The first kappa shape index (κ1) is 16.9. The lowest BCUT2D eigenvalue weighted by atomic mass is 10.1. The Balaban J connectivity index is 2.26. The highest BCUT2D eigenvalue weighted by Crippen LogP contribution is 2.18. The molecule has 1 N–H and O–H groups in total. The van der Waals surface area contributed by atoms with Gasteiger partial charge in [0.25, 0.3) is 5.91 Å². The van der Waals surface area contributed by atoms with Gasteiger partial charge >= 0.3 is 0 Å². The summed E-state index contributed by atoms with van der Waals surface area (Å²) in [6, 6.07) is 6.13. The molecule has 122 valence electrons. The van der Waals surface area contributed by atoms with E-state index in [4.69, 9.17) is 4.74 Å². The number of rotatable bonds is 3. The fourth-order valence-corrected chi connectivity index (χ4v) is 3.60. The molecule has 0 spiro atoms. The van der Waals surface area contributed by atoms with Crippen LogP contribution < -0.4 is 5.32 Å². The maximum Gasteiger partial charge on any atom is 0.251 e. The third-order valence-corrected chi connectivity index (χ3v) is 5.09. The second-order valence-corrected chi connectivity index (χ2v) is 8.19. The maximum absolute atomic E-state index is 12.6. The smallest absolute Gasteiger partial charge is 0.251 e. The molecule has 1 aliphatic heterocycles. The van der Waals surface area contributed by atoms with Crippen LogP contribution in [0.3, 0.4) is 0 Å². The fraction of sp³-hybridized carbons (Fsp3) is 0.533. The van der Waals surface area contributed by atoms with Crippen molar-refractivity contribution in [1.29, 1.82) is 0 Å². The van der Waals surface area contributed by atoms with Gasteiger partial charge in [0, 0.05) is 24.2 Å². The van der Waals surface area contributed by atoms with E-state index < -0.39 is 10.0 Å². The molecule has 1 saturated heterocycles. The summed E-state index contributed by atoms with van der Waals surface area (Å²) < 4.78 is 31.7. The van der Waals surface area contributed by atoms with Gasteiger partial charge in [-0.3, -0.25) is 4.79 Å². The molecule has 0 aromatic heterocycles. The summed E-state index contributed by atoms with van der Waals surface area (Å²) >= 11 is 0. The Hall–Kier alpha value is -1.44. The van der Waals surface area contributed by atoms with Gasteiger partial charge in [0.05, 0.1) is 18.1 Å². The van der Waals surface area contributed by atoms with E-state index >= 15 is 0 Å². The monoisotopic (exact) mass is 326 g/mol.